The van der Waals surface area contributed by atoms with Gasteiger partial charge in [-0.25, -0.2) is 0 Å². The van der Waals surface area contributed by atoms with Crippen molar-refractivity contribution in [2.75, 3.05) is 20.2 Å². The predicted molar refractivity (Wildman–Crippen MR) is 76.6 cm³/mol. The fraction of sp³-hybridized carbons (Fsp3) is 0.562. The number of hydrogen-bond donors (Lipinski definition) is 0. The number of Topliss-reactive ketones (excluding diaryl/α,β-unsaturated/α-hetero) is 1. The fourth-order valence-corrected chi connectivity index (χ4v) is 2.63. The summed E-state index contributed by atoms with van der Waals surface area (Å²) in [6.45, 7) is 5.77. The molecule has 104 valence electrons. The zero-order valence-electron chi connectivity index (χ0n) is 12.1. The highest BCUT2D eigenvalue weighted by Crippen LogP contribution is 2.18. The molecule has 19 heavy (non-hydrogen) atoms. The van der Waals surface area contributed by atoms with Gasteiger partial charge in [0.2, 0.25) is 0 Å². The van der Waals surface area contributed by atoms with E-state index in [4.69, 9.17) is 4.74 Å². The maximum atomic E-state index is 12.1. The van der Waals surface area contributed by atoms with Crippen LogP contribution in [0.25, 0.3) is 0 Å². The first-order valence-electron chi connectivity index (χ1n) is 6.99. The number of ketones is 1. The number of likely N-dealkylation sites (N-methyl/N-ethyl adjacent to an activating group) is 1. The molecule has 1 aromatic rings. The molecule has 2 atom stereocenters. The molecular formula is C16H23NO2. The molecule has 0 spiro atoms. The van der Waals surface area contributed by atoms with Gasteiger partial charge in [-0.15, -0.1) is 0 Å². The highest BCUT2D eigenvalue weighted by molar-refractivity contribution is 5.96. The first-order valence-corrected chi connectivity index (χ1v) is 6.99. The second kappa shape index (κ2) is 6.31. The van der Waals surface area contributed by atoms with E-state index in [2.05, 4.69) is 18.9 Å². The van der Waals surface area contributed by atoms with E-state index in [9.17, 15) is 4.79 Å². The summed E-state index contributed by atoms with van der Waals surface area (Å²) in [5, 5.41) is 0. The van der Waals surface area contributed by atoms with Crippen molar-refractivity contribution in [2.45, 2.75) is 38.8 Å². The van der Waals surface area contributed by atoms with Gasteiger partial charge in [-0.1, -0.05) is 29.8 Å². The van der Waals surface area contributed by atoms with Crippen LogP contribution in [0.1, 0.15) is 35.7 Å². The van der Waals surface area contributed by atoms with Gasteiger partial charge in [0.1, 0.15) is 0 Å². The van der Waals surface area contributed by atoms with Gasteiger partial charge in [-0.2, -0.15) is 0 Å². The van der Waals surface area contributed by atoms with E-state index < -0.39 is 0 Å². The van der Waals surface area contributed by atoms with Crippen LogP contribution < -0.4 is 0 Å². The molecule has 0 amide bonds. The molecule has 1 saturated heterocycles. The number of aryl methyl sites for hydroxylation is 1. The second-order valence-corrected chi connectivity index (χ2v) is 5.45. The first-order chi connectivity index (χ1) is 9.08. The van der Waals surface area contributed by atoms with Crippen molar-refractivity contribution in [3.63, 3.8) is 0 Å². The topological polar surface area (TPSA) is 29.5 Å². The van der Waals surface area contributed by atoms with E-state index in [-0.39, 0.29) is 11.9 Å². The Hall–Kier alpha value is -1.19. The normalized spacial score (nSPS) is 22.9. The molecule has 0 bridgehead atoms. The summed E-state index contributed by atoms with van der Waals surface area (Å²) in [6.07, 6.45) is 1.92. The molecule has 1 fully saturated rings. The minimum absolute atomic E-state index is 0.221. The van der Waals surface area contributed by atoms with Crippen molar-refractivity contribution in [3.8, 4) is 0 Å². The Bertz CT molecular complexity index is 427. The van der Waals surface area contributed by atoms with Crippen LogP contribution in [0.15, 0.2) is 24.3 Å². The van der Waals surface area contributed by atoms with Gasteiger partial charge < -0.3 is 9.64 Å². The Labute approximate surface area is 115 Å². The third-order valence-electron chi connectivity index (χ3n) is 3.97. The zero-order valence-corrected chi connectivity index (χ0v) is 12.1. The van der Waals surface area contributed by atoms with Gasteiger partial charge >= 0.3 is 0 Å². The molecule has 1 heterocycles. The van der Waals surface area contributed by atoms with Crippen LogP contribution in [-0.4, -0.2) is 43.0 Å². The highest BCUT2D eigenvalue weighted by Gasteiger charge is 2.27. The van der Waals surface area contributed by atoms with Crippen LogP contribution in [-0.2, 0) is 4.74 Å². The van der Waals surface area contributed by atoms with Crippen molar-refractivity contribution >= 4 is 5.78 Å². The molecule has 3 heteroatoms. The quantitative estimate of drug-likeness (QED) is 0.763. The minimum atomic E-state index is 0.221. The lowest BCUT2D eigenvalue weighted by atomic mass is 10.1. The number of ether oxygens (including phenoxy) is 1. The molecule has 0 saturated carbocycles. The van der Waals surface area contributed by atoms with E-state index >= 15 is 0 Å². The summed E-state index contributed by atoms with van der Waals surface area (Å²) >= 11 is 0. The van der Waals surface area contributed by atoms with Crippen molar-refractivity contribution in [2.24, 2.45) is 0 Å². The van der Waals surface area contributed by atoms with Crippen LogP contribution in [0.5, 0.6) is 0 Å². The van der Waals surface area contributed by atoms with E-state index in [1.54, 1.807) is 0 Å². The molecule has 1 aliphatic heterocycles. The lowest BCUT2D eigenvalue weighted by Gasteiger charge is -2.26. The van der Waals surface area contributed by atoms with Crippen LogP contribution in [0, 0.1) is 6.92 Å². The Morgan fingerprint density at radius 1 is 1.37 bits per heavy atom. The Morgan fingerprint density at radius 2 is 2.05 bits per heavy atom. The highest BCUT2D eigenvalue weighted by atomic mass is 16.5. The third kappa shape index (κ3) is 3.64. The molecule has 0 radical (unpaired) electrons. The standard InChI is InChI=1S/C16H23NO2/c1-12-4-6-14(7-5-12)16(18)8-10-17(3)15-9-11-19-13(15)2/h4-7,13,15H,8-11H2,1-3H3. The van der Waals surface area contributed by atoms with Gasteiger partial charge in [0, 0.05) is 31.2 Å². The summed E-state index contributed by atoms with van der Waals surface area (Å²) in [6, 6.07) is 8.26. The Morgan fingerprint density at radius 3 is 2.63 bits per heavy atom. The predicted octanol–water partition coefficient (Wildman–Crippen LogP) is 2.68. The number of hydrogen-bond acceptors (Lipinski definition) is 3. The summed E-state index contributed by atoms with van der Waals surface area (Å²) in [4.78, 5) is 14.4. The molecule has 2 rings (SSSR count). The largest absolute Gasteiger partial charge is 0.377 e. The first kappa shape index (κ1) is 14.2. The third-order valence-corrected chi connectivity index (χ3v) is 3.97. The Balaban J connectivity index is 1.84. The maximum absolute atomic E-state index is 12.1. The monoisotopic (exact) mass is 261 g/mol. The van der Waals surface area contributed by atoms with Crippen molar-refractivity contribution in [3.05, 3.63) is 35.4 Å². The van der Waals surface area contributed by atoms with E-state index in [0.29, 0.717) is 12.5 Å². The van der Waals surface area contributed by atoms with Crippen molar-refractivity contribution < 1.29 is 9.53 Å². The van der Waals surface area contributed by atoms with E-state index in [1.807, 2.05) is 31.2 Å². The average Bonchev–Trinajstić information content (AvgIpc) is 2.83. The maximum Gasteiger partial charge on any atom is 0.164 e. The molecule has 3 nitrogen and oxygen atoms in total. The summed E-state index contributed by atoms with van der Waals surface area (Å²) in [7, 11) is 2.08. The molecule has 1 aliphatic rings. The van der Waals surface area contributed by atoms with Gasteiger partial charge in [0.05, 0.1) is 6.10 Å². The lowest BCUT2D eigenvalue weighted by molar-refractivity contribution is 0.0793. The van der Waals surface area contributed by atoms with Crippen LogP contribution >= 0.6 is 0 Å². The summed E-state index contributed by atoms with van der Waals surface area (Å²) in [5.41, 5.74) is 2.00. The molecule has 0 N–H and O–H groups in total. The minimum Gasteiger partial charge on any atom is -0.377 e. The fourth-order valence-electron chi connectivity index (χ4n) is 2.63. The molecular weight excluding hydrogens is 238 g/mol. The lowest BCUT2D eigenvalue weighted by Crippen LogP contribution is -2.37. The summed E-state index contributed by atoms with van der Waals surface area (Å²) < 4.78 is 5.56. The van der Waals surface area contributed by atoms with Gasteiger partial charge in [0.25, 0.3) is 0 Å². The number of carbonyl (C=O) groups is 1. The molecule has 1 aromatic carbocycles. The number of benzene rings is 1. The van der Waals surface area contributed by atoms with Crippen molar-refractivity contribution in [1.82, 2.24) is 4.90 Å². The van der Waals surface area contributed by atoms with Gasteiger partial charge in [-0.3, -0.25) is 4.79 Å². The van der Waals surface area contributed by atoms with E-state index in [1.165, 1.54) is 5.56 Å². The van der Waals surface area contributed by atoms with Gasteiger partial charge in [0.15, 0.2) is 5.78 Å². The van der Waals surface area contributed by atoms with Crippen LogP contribution in [0.4, 0.5) is 0 Å². The zero-order chi connectivity index (χ0) is 13.8. The van der Waals surface area contributed by atoms with Crippen molar-refractivity contribution in [1.29, 1.82) is 0 Å². The van der Waals surface area contributed by atoms with E-state index in [0.717, 1.165) is 25.1 Å². The Kier molecular flexibility index (Phi) is 4.72. The van der Waals surface area contributed by atoms with Crippen LogP contribution in [0.2, 0.25) is 0 Å². The molecule has 0 aliphatic carbocycles. The SMILES string of the molecule is Cc1ccc(C(=O)CCN(C)C2CCOC2C)cc1. The number of rotatable bonds is 5. The van der Waals surface area contributed by atoms with Crippen LogP contribution in [0.3, 0.4) is 0 Å². The average molecular weight is 261 g/mol. The van der Waals surface area contributed by atoms with Gasteiger partial charge in [-0.05, 0) is 27.3 Å². The molecule has 2 unspecified atom stereocenters. The second-order valence-electron chi connectivity index (χ2n) is 5.45. The number of nitrogens with zero attached hydrogens (tertiary/aromatic N) is 1. The summed E-state index contributed by atoms with van der Waals surface area (Å²) in [5.74, 6) is 0.221. The molecule has 0 aromatic heterocycles. The number of carbonyl (C=O) groups excluding carboxylic acids is 1. The smallest absolute Gasteiger partial charge is 0.164 e.